The van der Waals surface area contributed by atoms with Crippen LogP contribution < -0.4 is 5.32 Å². The minimum Gasteiger partial charge on any atom is -0.316 e. The number of thiazole rings is 1. The van der Waals surface area contributed by atoms with Gasteiger partial charge in [0.15, 0.2) is 5.13 Å². The fourth-order valence-electron chi connectivity index (χ4n) is 3.46. The molecular formula is C20H23ClN6S. The number of hydrogen-bond acceptors (Lipinski definition) is 7. The second-order valence-electron chi connectivity index (χ2n) is 6.95. The molecule has 0 unspecified atom stereocenters. The van der Waals surface area contributed by atoms with Gasteiger partial charge in [-0.25, -0.2) is 19.9 Å². The number of aromatic nitrogens is 4. The molecule has 0 saturated carbocycles. The van der Waals surface area contributed by atoms with E-state index in [1.165, 1.54) is 16.9 Å². The number of hydrogen-bond donors (Lipinski definition) is 1. The summed E-state index contributed by atoms with van der Waals surface area (Å²) in [5.74, 6) is 2.21. The zero-order valence-corrected chi connectivity index (χ0v) is 17.4. The number of aryl methyl sites for hydroxylation is 1. The number of anilines is 2. The zero-order chi connectivity index (χ0) is 19.3. The summed E-state index contributed by atoms with van der Waals surface area (Å²) in [7, 11) is 0. The molecular weight excluding hydrogens is 392 g/mol. The van der Waals surface area contributed by atoms with Gasteiger partial charge in [0.05, 0.1) is 6.20 Å². The molecule has 0 aliphatic carbocycles. The summed E-state index contributed by atoms with van der Waals surface area (Å²) in [4.78, 5) is 20.3. The van der Waals surface area contributed by atoms with E-state index in [0.29, 0.717) is 10.3 Å². The second-order valence-corrected chi connectivity index (χ2v) is 8.62. The minimum atomic E-state index is 0.483. The average molecular weight is 415 g/mol. The van der Waals surface area contributed by atoms with Crippen molar-refractivity contribution in [2.24, 2.45) is 0 Å². The van der Waals surface area contributed by atoms with E-state index in [-0.39, 0.29) is 0 Å². The van der Waals surface area contributed by atoms with Crippen LogP contribution in [0.3, 0.4) is 0 Å². The fraction of sp³-hybridized carbons (Fsp3) is 0.400. The lowest BCUT2D eigenvalue weighted by Gasteiger charge is -2.31. The molecule has 0 radical (unpaired) electrons. The van der Waals surface area contributed by atoms with E-state index in [4.69, 9.17) is 16.6 Å². The minimum absolute atomic E-state index is 0.483. The molecule has 1 N–H and O–H groups in total. The van der Waals surface area contributed by atoms with Crippen molar-refractivity contribution in [3.63, 3.8) is 0 Å². The van der Waals surface area contributed by atoms with Crippen molar-refractivity contribution in [2.75, 3.05) is 18.4 Å². The first-order chi connectivity index (χ1) is 13.7. The number of piperidine rings is 1. The summed E-state index contributed by atoms with van der Waals surface area (Å²) in [5.41, 5.74) is 2.32. The summed E-state index contributed by atoms with van der Waals surface area (Å²) in [5, 5.41) is 4.01. The van der Waals surface area contributed by atoms with Gasteiger partial charge in [0.25, 0.3) is 0 Å². The average Bonchev–Trinajstić information content (AvgIpc) is 3.14. The third-order valence-electron chi connectivity index (χ3n) is 4.97. The van der Waals surface area contributed by atoms with Crippen LogP contribution in [0.1, 0.15) is 42.8 Å². The van der Waals surface area contributed by atoms with E-state index in [2.05, 4.69) is 44.2 Å². The molecule has 0 bridgehead atoms. The fourth-order valence-corrected chi connectivity index (χ4v) is 4.28. The van der Waals surface area contributed by atoms with Crippen LogP contribution in [0.5, 0.6) is 0 Å². The van der Waals surface area contributed by atoms with Gasteiger partial charge in [-0.05, 0) is 38.1 Å². The molecule has 4 rings (SSSR count). The van der Waals surface area contributed by atoms with E-state index in [1.807, 2.05) is 18.5 Å². The SMILES string of the molecule is CCc1ncc(CN2CCC(c3cccc(Nc4ncc(Cl)s4)n3)CC2)cn1. The highest BCUT2D eigenvalue weighted by Gasteiger charge is 2.22. The molecule has 146 valence electrons. The van der Waals surface area contributed by atoms with Gasteiger partial charge in [0.2, 0.25) is 0 Å². The molecule has 0 spiro atoms. The van der Waals surface area contributed by atoms with Crippen molar-refractivity contribution in [1.29, 1.82) is 0 Å². The van der Waals surface area contributed by atoms with Crippen molar-refractivity contribution in [1.82, 2.24) is 24.8 Å². The Labute approximate surface area is 174 Å². The molecule has 0 aromatic carbocycles. The van der Waals surface area contributed by atoms with Crippen LogP contribution >= 0.6 is 22.9 Å². The lowest BCUT2D eigenvalue weighted by atomic mass is 9.93. The molecule has 1 saturated heterocycles. The van der Waals surface area contributed by atoms with Crippen LogP contribution in [0.25, 0.3) is 0 Å². The van der Waals surface area contributed by atoms with Gasteiger partial charge in [0, 0.05) is 42.5 Å². The third kappa shape index (κ3) is 4.84. The Morgan fingerprint density at radius 2 is 1.93 bits per heavy atom. The van der Waals surface area contributed by atoms with E-state index in [9.17, 15) is 0 Å². The molecule has 3 aromatic rings. The van der Waals surface area contributed by atoms with Gasteiger partial charge in [-0.1, -0.05) is 35.9 Å². The van der Waals surface area contributed by atoms with Gasteiger partial charge in [-0.15, -0.1) is 0 Å². The largest absolute Gasteiger partial charge is 0.316 e. The quantitative estimate of drug-likeness (QED) is 0.632. The predicted molar refractivity (Wildman–Crippen MR) is 113 cm³/mol. The van der Waals surface area contributed by atoms with Crippen LogP contribution in [0.15, 0.2) is 36.8 Å². The number of pyridine rings is 1. The Balaban J connectivity index is 1.33. The van der Waals surface area contributed by atoms with Gasteiger partial charge >= 0.3 is 0 Å². The van der Waals surface area contributed by atoms with Gasteiger partial charge < -0.3 is 5.32 Å². The first kappa shape index (κ1) is 19.2. The lowest BCUT2D eigenvalue weighted by molar-refractivity contribution is 0.203. The molecule has 1 aliphatic heterocycles. The maximum absolute atomic E-state index is 5.95. The molecule has 8 heteroatoms. The van der Waals surface area contributed by atoms with E-state index < -0.39 is 0 Å². The summed E-state index contributed by atoms with van der Waals surface area (Å²) >= 11 is 7.36. The molecule has 0 atom stereocenters. The monoisotopic (exact) mass is 414 g/mol. The van der Waals surface area contributed by atoms with Gasteiger partial charge in [-0.3, -0.25) is 4.90 Å². The van der Waals surface area contributed by atoms with Crippen LogP contribution in [0, 0.1) is 0 Å². The Kier molecular flexibility index (Phi) is 6.14. The Morgan fingerprint density at radius 1 is 1.14 bits per heavy atom. The Hall–Kier alpha value is -2.09. The maximum Gasteiger partial charge on any atom is 0.189 e. The Morgan fingerprint density at radius 3 is 2.61 bits per heavy atom. The second kappa shape index (κ2) is 8.94. The maximum atomic E-state index is 5.95. The van der Waals surface area contributed by atoms with E-state index >= 15 is 0 Å². The molecule has 4 heterocycles. The highest BCUT2D eigenvalue weighted by atomic mass is 35.5. The standard InChI is InChI=1S/C20H23ClN6S/c1-2-18-22-10-14(11-23-18)13-27-8-6-15(7-9-27)16-4-3-5-19(25-16)26-20-24-12-17(21)28-20/h3-5,10-12,15H,2,6-9,13H2,1H3,(H,24,25,26). The number of halogens is 1. The van der Waals surface area contributed by atoms with Crippen LogP contribution in [-0.4, -0.2) is 37.9 Å². The highest BCUT2D eigenvalue weighted by molar-refractivity contribution is 7.19. The third-order valence-corrected chi connectivity index (χ3v) is 6.00. The number of nitrogens with one attached hydrogen (secondary N) is 1. The summed E-state index contributed by atoms with van der Waals surface area (Å²) in [6.07, 6.45) is 8.65. The molecule has 6 nitrogen and oxygen atoms in total. The van der Waals surface area contributed by atoms with Gasteiger partial charge in [-0.2, -0.15) is 0 Å². The van der Waals surface area contributed by atoms with Crippen LogP contribution in [-0.2, 0) is 13.0 Å². The van der Waals surface area contributed by atoms with Crippen molar-refractivity contribution in [3.8, 4) is 0 Å². The summed E-state index contributed by atoms with van der Waals surface area (Å²) in [6.45, 7) is 5.10. The smallest absolute Gasteiger partial charge is 0.189 e. The van der Waals surface area contributed by atoms with Crippen LogP contribution in [0.2, 0.25) is 4.34 Å². The number of nitrogens with zero attached hydrogens (tertiary/aromatic N) is 5. The molecule has 1 aliphatic rings. The van der Waals surface area contributed by atoms with E-state index in [0.717, 1.165) is 61.4 Å². The molecule has 0 amide bonds. The molecule has 3 aromatic heterocycles. The first-order valence-corrected chi connectivity index (χ1v) is 10.8. The molecule has 1 fully saturated rings. The van der Waals surface area contributed by atoms with Gasteiger partial charge in [0.1, 0.15) is 16.0 Å². The van der Waals surface area contributed by atoms with Crippen molar-refractivity contribution in [2.45, 2.75) is 38.6 Å². The normalized spacial score (nSPS) is 15.6. The topological polar surface area (TPSA) is 66.8 Å². The van der Waals surface area contributed by atoms with Crippen LogP contribution in [0.4, 0.5) is 10.9 Å². The number of likely N-dealkylation sites (tertiary alicyclic amines) is 1. The van der Waals surface area contributed by atoms with Crippen molar-refractivity contribution in [3.05, 3.63) is 58.2 Å². The predicted octanol–water partition coefficient (Wildman–Crippen LogP) is 4.67. The zero-order valence-electron chi connectivity index (χ0n) is 15.8. The Bertz CT molecular complexity index is 905. The summed E-state index contributed by atoms with van der Waals surface area (Å²) < 4.78 is 0.667. The van der Waals surface area contributed by atoms with Crippen molar-refractivity contribution >= 4 is 33.9 Å². The number of rotatable bonds is 6. The highest BCUT2D eigenvalue weighted by Crippen LogP contribution is 2.29. The van der Waals surface area contributed by atoms with Crippen molar-refractivity contribution < 1.29 is 0 Å². The summed E-state index contributed by atoms with van der Waals surface area (Å²) in [6, 6.07) is 6.14. The molecule has 28 heavy (non-hydrogen) atoms. The lowest BCUT2D eigenvalue weighted by Crippen LogP contribution is -2.32. The first-order valence-electron chi connectivity index (χ1n) is 9.57. The van der Waals surface area contributed by atoms with E-state index in [1.54, 1.807) is 6.20 Å².